The number of hydrogen-bond donors (Lipinski definition) is 0. The first-order valence-electron chi connectivity index (χ1n) is 9.08. The lowest BCUT2D eigenvalue weighted by Gasteiger charge is -2.20. The summed E-state index contributed by atoms with van der Waals surface area (Å²) in [6, 6.07) is 15.5. The number of benzene rings is 2. The molecule has 0 heterocycles. The minimum Gasteiger partial charge on any atom is -0.452 e. The summed E-state index contributed by atoms with van der Waals surface area (Å²) in [5.74, 6) is -1.46. The molecule has 0 aliphatic heterocycles. The van der Waals surface area contributed by atoms with E-state index in [4.69, 9.17) is 4.74 Å². The molecule has 0 N–H and O–H groups in total. The lowest BCUT2D eigenvalue weighted by molar-refractivity contribution is -0.133. The van der Waals surface area contributed by atoms with E-state index in [2.05, 4.69) is 13.2 Å². The molecule has 0 saturated carbocycles. The Kier molecular flexibility index (Phi) is 7.91. The van der Waals surface area contributed by atoms with Gasteiger partial charge in [0.05, 0.1) is 11.1 Å². The molecule has 2 aromatic carbocycles. The van der Waals surface area contributed by atoms with Crippen molar-refractivity contribution in [3.63, 3.8) is 0 Å². The van der Waals surface area contributed by atoms with E-state index in [0.717, 1.165) is 0 Å². The molecule has 150 valence electrons. The van der Waals surface area contributed by atoms with Crippen LogP contribution in [-0.4, -0.2) is 49.4 Å². The van der Waals surface area contributed by atoms with Crippen LogP contribution in [0.1, 0.15) is 20.7 Å². The van der Waals surface area contributed by atoms with Crippen molar-refractivity contribution in [1.82, 2.24) is 4.90 Å². The van der Waals surface area contributed by atoms with Crippen LogP contribution in [0.3, 0.4) is 0 Å². The quantitative estimate of drug-likeness (QED) is 0.485. The highest BCUT2D eigenvalue weighted by Gasteiger charge is 2.22. The topological polar surface area (TPSA) is 66.9 Å². The van der Waals surface area contributed by atoms with Gasteiger partial charge in [-0.3, -0.25) is 9.59 Å². The Bertz CT molecular complexity index is 883. The number of carbonyl (C=O) groups is 3. The van der Waals surface area contributed by atoms with Crippen LogP contribution in [0.5, 0.6) is 0 Å². The van der Waals surface area contributed by atoms with Crippen molar-refractivity contribution in [2.24, 2.45) is 0 Å². The van der Waals surface area contributed by atoms with Crippen molar-refractivity contribution in [3.05, 3.63) is 91.0 Å². The Labute approximate surface area is 170 Å². The number of ether oxygens (including phenoxy) is 1. The molecule has 6 nitrogen and oxygen atoms in total. The van der Waals surface area contributed by atoms with Crippen molar-refractivity contribution < 1.29 is 19.1 Å². The van der Waals surface area contributed by atoms with Gasteiger partial charge in [-0.1, -0.05) is 42.5 Å². The van der Waals surface area contributed by atoms with Crippen molar-refractivity contribution >= 4 is 23.5 Å². The lowest BCUT2D eigenvalue weighted by atomic mass is 10.1. The van der Waals surface area contributed by atoms with Gasteiger partial charge >= 0.3 is 5.97 Å². The fraction of sp³-hybridized carbons (Fsp3) is 0.174. The second kappa shape index (κ2) is 10.6. The smallest absolute Gasteiger partial charge is 0.339 e. The predicted octanol–water partition coefficient (Wildman–Crippen LogP) is 3.32. The molecule has 0 saturated heterocycles. The molecule has 2 aromatic rings. The zero-order valence-corrected chi connectivity index (χ0v) is 16.4. The maximum Gasteiger partial charge on any atom is 0.339 e. The molecule has 0 spiro atoms. The van der Waals surface area contributed by atoms with Gasteiger partial charge in [-0.25, -0.2) is 4.79 Å². The summed E-state index contributed by atoms with van der Waals surface area (Å²) in [4.78, 5) is 40.6. The highest BCUT2D eigenvalue weighted by molar-refractivity contribution is 6.12. The molecule has 29 heavy (non-hydrogen) atoms. The summed E-state index contributed by atoms with van der Waals surface area (Å²) in [5, 5.41) is 0. The summed E-state index contributed by atoms with van der Waals surface area (Å²) < 4.78 is 5.17. The van der Waals surface area contributed by atoms with Gasteiger partial charge in [0.1, 0.15) is 0 Å². The summed E-state index contributed by atoms with van der Waals surface area (Å²) >= 11 is 0. The molecule has 0 atom stereocenters. The van der Waals surface area contributed by atoms with Crippen LogP contribution in [0.15, 0.2) is 79.9 Å². The maximum absolute atomic E-state index is 12.9. The molecule has 2 amide bonds. The molecule has 0 unspecified atom stereocenters. The Hall–Kier alpha value is -3.67. The molecule has 0 fully saturated rings. The summed E-state index contributed by atoms with van der Waals surface area (Å²) in [7, 11) is 1.63. The fourth-order valence-corrected chi connectivity index (χ4v) is 2.68. The van der Waals surface area contributed by atoms with Gasteiger partial charge in [0.25, 0.3) is 11.8 Å². The number of nitrogens with zero attached hydrogens (tertiary/aromatic N) is 2. The molecular weight excluding hydrogens is 368 g/mol. The Morgan fingerprint density at radius 2 is 1.45 bits per heavy atom. The third kappa shape index (κ3) is 5.65. The van der Waals surface area contributed by atoms with Gasteiger partial charge in [-0.2, -0.15) is 0 Å². The van der Waals surface area contributed by atoms with Gasteiger partial charge in [0.15, 0.2) is 6.61 Å². The predicted molar refractivity (Wildman–Crippen MR) is 113 cm³/mol. The molecule has 0 aliphatic rings. The standard InChI is InChI=1S/C23H24N2O4/c1-4-15-25(16-5-2)21(26)17-29-23(28)20-14-10-9-13-19(20)22(27)24(3)18-11-7-6-8-12-18/h4-14H,1-2,15-17H2,3H3. The number of esters is 1. The third-order valence-electron chi connectivity index (χ3n) is 4.20. The first kappa shape index (κ1) is 21.6. The van der Waals surface area contributed by atoms with E-state index in [-0.39, 0.29) is 22.9 Å². The normalized spacial score (nSPS) is 9.97. The average molecular weight is 392 g/mol. The molecule has 0 aromatic heterocycles. The van der Waals surface area contributed by atoms with Crippen LogP contribution in [0.25, 0.3) is 0 Å². The molecule has 0 aliphatic carbocycles. The summed E-state index contributed by atoms with van der Waals surface area (Å²) in [6.45, 7) is 7.41. The molecular formula is C23H24N2O4. The van der Waals surface area contributed by atoms with Crippen molar-refractivity contribution in [3.8, 4) is 0 Å². The Balaban J connectivity index is 2.14. The van der Waals surface area contributed by atoms with E-state index >= 15 is 0 Å². The Morgan fingerprint density at radius 1 is 0.897 bits per heavy atom. The number of anilines is 1. The zero-order valence-electron chi connectivity index (χ0n) is 16.4. The van der Waals surface area contributed by atoms with Crippen LogP contribution >= 0.6 is 0 Å². The van der Waals surface area contributed by atoms with Gasteiger partial charge in [-0.15, -0.1) is 13.2 Å². The van der Waals surface area contributed by atoms with E-state index in [1.165, 1.54) is 15.9 Å². The minimum atomic E-state index is -0.735. The SMILES string of the molecule is C=CCN(CC=C)C(=O)COC(=O)c1ccccc1C(=O)N(C)c1ccccc1. The van der Waals surface area contributed by atoms with Gasteiger partial charge in [0, 0.05) is 25.8 Å². The van der Waals surface area contributed by atoms with E-state index < -0.39 is 12.6 Å². The molecule has 0 radical (unpaired) electrons. The fourth-order valence-electron chi connectivity index (χ4n) is 2.68. The lowest BCUT2D eigenvalue weighted by Crippen LogP contribution is -2.35. The maximum atomic E-state index is 12.9. The van der Waals surface area contributed by atoms with E-state index in [1.54, 1.807) is 49.5 Å². The molecule has 2 rings (SSSR count). The highest BCUT2D eigenvalue weighted by Crippen LogP contribution is 2.18. The van der Waals surface area contributed by atoms with Gasteiger partial charge in [0.2, 0.25) is 0 Å². The molecule has 6 heteroatoms. The number of amides is 2. The van der Waals surface area contributed by atoms with Gasteiger partial charge in [-0.05, 0) is 24.3 Å². The zero-order chi connectivity index (χ0) is 21.2. The second-order valence-corrected chi connectivity index (χ2v) is 6.20. The Morgan fingerprint density at radius 3 is 2.03 bits per heavy atom. The van der Waals surface area contributed by atoms with Crippen LogP contribution in [-0.2, 0) is 9.53 Å². The monoisotopic (exact) mass is 392 g/mol. The van der Waals surface area contributed by atoms with E-state index in [0.29, 0.717) is 18.8 Å². The van der Waals surface area contributed by atoms with Crippen molar-refractivity contribution in [2.45, 2.75) is 0 Å². The first-order chi connectivity index (χ1) is 14.0. The number of para-hydroxylation sites is 1. The number of carbonyl (C=O) groups excluding carboxylic acids is 3. The number of rotatable bonds is 9. The first-order valence-corrected chi connectivity index (χ1v) is 9.08. The van der Waals surface area contributed by atoms with E-state index in [9.17, 15) is 14.4 Å². The minimum absolute atomic E-state index is 0.104. The van der Waals surface area contributed by atoms with Crippen LogP contribution in [0.2, 0.25) is 0 Å². The van der Waals surface area contributed by atoms with E-state index in [1.807, 2.05) is 18.2 Å². The largest absolute Gasteiger partial charge is 0.452 e. The van der Waals surface area contributed by atoms with Crippen molar-refractivity contribution in [2.75, 3.05) is 31.6 Å². The van der Waals surface area contributed by atoms with Crippen LogP contribution < -0.4 is 4.90 Å². The molecule has 0 bridgehead atoms. The summed E-state index contributed by atoms with van der Waals surface area (Å²) in [6.07, 6.45) is 3.16. The van der Waals surface area contributed by atoms with Crippen LogP contribution in [0, 0.1) is 0 Å². The van der Waals surface area contributed by atoms with Gasteiger partial charge < -0.3 is 14.5 Å². The number of hydrogen-bond acceptors (Lipinski definition) is 4. The summed E-state index contributed by atoms with van der Waals surface area (Å²) in [5.41, 5.74) is 0.998. The second-order valence-electron chi connectivity index (χ2n) is 6.20. The third-order valence-corrected chi connectivity index (χ3v) is 4.20. The van der Waals surface area contributed by atoms with Crippen molar-refractivity contribution in [1.29, 1.82) is 0 Å². The highest BCUT2D eigenvalue weighted by atomic mass is 16.5. The van der Waals surface area contributed by atoms with Crippen LogP contribution in [0.4, 0.5) is 5.69 Å². The average Bonchev–Trinajstić information content (AvgIpc) is 2.76.